The second kappa shape index (κ2) is 19.4. The molecule has 4 N–H and O–H groups in total. The first-order chi connectivity index (χ1) is 17.1. The monoisotopic (exact) mass is 1020 g/mol. The van der Waals surface area contributed by atoms with E-state index in [9.17, 15) is 14.7 Å². The van der Waals surface area contributed by atoms with Gasteiger partial charge >= 0.3 is 70.8 Å². The molecule has 2 aliphatic carbocycles. The van der Waals surface area contributed by atoms with Crippen LogP contribution in [0.15, 0.2) is 76.8 Å². The van der Waals surface area contributed by atoms with Crippen LogP contribution in [0.1, 0.15) is 15.9 Å². The normalized spacial score (nSPS) is 18.9. The van der Waals surface area contributed by atoms with Crippen LogP contribution in [0.3, 0.4) is 0 Å². The third-order valence-electron chi connectivity index (χ3n) is 4.96. The minimum atomic E-state index is -0.691. The van der Waals surface area contributed by atoms with E-state index < -0.39 is 34.5 Å². The van der Waals surface area contributed by atoms with Crippen LogP contribution in [0.2, 0.25) is 0 Å². The van der Waals surface area contributed by atoms with Crippen molar-refractivity contribution >= 4 is 99.9 Å². The summed E-state index contributed by atoms with van der Waals surface area (Å²) in [6.07, 6.45) is 2.74. The predicted molar refractivity (Wildman–Crippen MR) is 155 cm³/mol. The Balaban J connectivity index is 0. The number of fused-ring (bicyclic) bond motifs is 2. The first kappa shape index (κ1) is 41.3. The first-order valence-electron chi connectivity index (χ1n) is 9.21. The molecule has 0 amide bonds. The van der Waals surface area contributed by atoms with Gasteiger partial charge in [0.05, 0.1) is 17.2 Å². The smallest absolute Gasteiger partial charge is 0.693 e. The number of esters is 1. The molecule has 0 fully saturated rings. The van der Waals surface area contributed by atoms with Gasteiger partial charge in [0, 0.05) is 20.5 Å². The standard InChI is InChI=1S/C21H12Br4O5.2ClH.HNO2.2H2N.Na.Pt/c1-29-21(28)9-5-3-2-4-8(9)14-10-6-12(22)17(26)15(24)19(10)30-20-11(14)7-13(23)18(27)16(20)25;;;2-1-3;;;;/h2-7,10,19,26H,1H3;2*1H;(H,2,3);2*1H2;;/q;;;;2*-1;+1;+4/p-4. The molecule has 210 valence electrons. The number of nitrogens with two attached hydrogens (primary N) is 2. The maximum atomic E-state index is 12.5. The summed E-state index contributed by atoms with van der Waals surface area (Å²) in [7, 11) is 11.1. The molecule has 1 aliphatic heterocycles. The van der Waals surface area contributed by atoms with Crippen molar-refractivity contribution in [2.75, 3.05) is 7.11 Å². The molecule has 0 aromatic heterocycles. The Labute approximate surface area is 296 Å². The molecule has 0 radical (unpaired) electrons. The third kappa shape index (κ3) is 9.33. The number of methoxy groups -OCH3 is 1. The number of benzene rings is 1. The number of carbonyl (C=O) groups excluding carboxylic acids is 2. The van der Waals surface area contributed by atoms with E-state index in [4.69, 9.17) is 38.4 Å². The van der Waals surface area contributed by atoms with Crippen molar-refractivity contribution in [1.29, 1.82) is 0 Å². The van der Waals surface area contributed by atoms with Crippen molar-refractivity contribution in [3.63, 3.8) is 0 Å². The number of halogens is 6. The molecule has 0 saturated heterocycles. The molecule has 18 heteroatoms. The number of ether oxygens (including phenoxy) is 2. The fourth-order valence-corrected chi connectivity index (χ4v) is 6.19. The average Bonchev–Trinajstić information content (AvgIpc) is 2.86. The van der Waals surface area contributed by atoms with Crippen LogP contribution in [0.4, 0.5) is 0 Å². The molecule has 2 unspecified atom stereocenters. The minimum absolute atomic E-state index is 0. The Morgan fingerprint density at radius 2 is 1.67 bits per heavy atom. The minimum Gasteiger partial charge on any atom is -0.693 e. The van der Waals surface area contributed by atoms with Crippen LogP contribution < -0.4 is 34.7 Å². The molecule has 0 spiro atoms. The summed E-state index contributed by atoms with van der Waals surface area (Å²) in [4.78, 5) is 33.0. The van der Waals surface area contributed by atoms with Crippen LogP contribution >= 0.6 is 82.6 Å². The van der Waals surface area contributed by atoms with E-state index in [0.29, 0.717) is 35.9 Å². The molecule has 39 heavy (non-hydrogen) atoms. The number of rotatable bonds is 2. The summed E-state index contributed by atoms with van der Waals surface area (Å²) in [5.41, 5.74) is 2.38. The van der Waals surface area contributed by atoms with Gasteiger partial charge in [-0.3, -0.25) is 4.79 Å². The third-order valence-corrected chi connectivity index (χ3v) is 7.70. The van der Waals surface area contributed by atoms with Gasteiger partial charge in [-0.05, 0) is 55.1 Å². The van der Waals surface area contributed by atoms with Gasteiger partial charge < -0.3 is 37.0 Å². The summed E-state index contributed by atoms with van der Waals surface area (Å²) >= 11 is 12.9. The van der Waals surface area contributed by atoms with Crippen molar-refractivity contribution in [2.45, 2.75) is 6.10 Å². The SMILES string of the molecule is COC(=O)c1ccccc1C1=C2C=C(Br)C(=O)C(Br)=C2OC2C(Br)=C([O-])C(Br)=CC12.O=N[O-].[Cl][Pt+2][Cl].[NH2-].[NH2-].[Na+]. The fourth-order valence-electron chi connectivity index (χ4n) is 3.62. The van der Waals surface area contributed by atoms with E-state index >= 15 is 0 Å². The van der Waals surface area contributed by atoms with Gasteiger partial charge in [-0.2, -0.15) is 0 Å². The van der Waals surface area contributed by atoms with Gasteiger partial charge in [0.25, 0.3) is 0 Å². The van der Waals surface area contributed by atoms with Gasteiger partial charge in [0.2, 0.25) is 5.78 Å². The van der Waals surface area contributed by atoms with Crippen molar-refractivity contribution < 1.29 is 70.2 Å². The zero-order valence-electron chi connectivity index (χ0n) is 19.7. The van der Waals surface area contributed by atoms with Crippen LogP contribution in [0.25, 0.3) is 17.9 Å². The number of hydrogen-bond donors (Lipinski definition) is 0. The Morgan fingerprint density at radius 3 is 2.21 bits per heavy atom. The van der Waals surface area contributed by atoms with Gasteiger partial charge in [-0.1, -0.05) is 61.9 Å². The number of Topliss-reactive ketones (excluding diaryl/α,β-unsaturated/α-hetero) is 1. The molecule has 1 heterocycles. The number of carbonyl (C=O) groups is 2. The van der Waals surface area contributed by atoms with Gasteiger partial charge in [-0.15, -0.1) is 5.34 Å². The Bertz CT molecular complexity index is 1260. The largest absolute Gasteiger partial charge is 1.00 e. The van der Waals surface area contributed by atoms with Gasteiger partial charge in [-0.25, -0.2) is 4.79 Å². The zero-order chi connectivity index (χ0) is 27.2. The quantitative estimate of drug-likeness (QED) is 0.171. The molecule has 1 aromatic carbocycles. The second-order valence-electron chi connectivity index (χ2n) is 6.70. The molecule has 2 atom stereocenters. The van der Waals surface area contributed by atoms with Crippen molar-refractivity contribution in [3.05, 3.63) is 105 Å². The maximum absolute atomic E-state index is 12.5. The van der Waals surface area contributed by atoms with E-state index in [1.807, 2.05) is 12.1 Å². The summed E-state index contributed by atoms with van der Waals surface area (Å²) in [5, 5.41) is 21.5. The molecule has 3 aliphatic rings. The zero-order valence-corrected chi connectivity index (χ0v) is 31.8. The van der Waals surface area contributed by atoms with Crippen molar-refractivity contribution in [3.8, 4) is 0 Å². The van der Waals surface area contributed by atoms with E-state index in [1.165, 1.54) is 7.11 Å². The fraction of sp³-hybridized carbons (Fsp3) is 0.143. The summed E-state index contributed by atoms with van der Waals surface area (Å²) < 4.78 is 12.4. The van der Waals surface area contributed by atoms with E-state index in [-0.39, 0.29) is 57.9 Å². The molecule has 4 rings (SSSR count). The molecular formula is C21H15Br4Cl2N3NaO7Pt-. The Kier molecular flexibility index (Phi) is 20.5. The van der Waals surface area contributed by atoms with E-state index in [1.54, 1.807) is 24.3 Å². The number of nitrogens with zero attached hydrogens (tertiary/aromatic N) is 1. The number of hydrogen-bond acceptors (Lipinski definition) is 8. The van der Waals surface area contributed by atoms with E-state index in [2.05, 4.69) is 63.7 Å². The van der Waals surface area contributed by atoms with Crippen LogP contribution in [-0.4, -0.2) is 25.0 Å². The second-order valence-corrected chi connectivity index (χ2v) is 13.3. The average molecular weight is 1030 g/mol. The van der Waals surface area contributed by atoms with Crippen LogP contribution in [0.5, 0.6) is 0 Å². The topological polar surface area (TPSA) is 195 Å². The summed E-state index contributed by atoms with van der Waals surface area (Å²) in [6, 6.07) is 7.05. The van der Waals surface area contributed by atoms with Gasteiger partial charge in [0.15, 0.2) is 0 Å². The molecule has 0 bridgehead atoms. The molecule has 0 saturated carbocycles. The Morgan fingerprint density at radius 1 is 1.13 bits per heavy atom. The Hall–Kier alpha value is 0.168. The summed E-state index contributed by atoms with van der Waals surface area (Å²) in [5.74, 6) is -1.09. The number of ketones is 1. The predicted octanol–water partition coefficient (Wildman–Crippen LogP) is 5.03. The van der Waals surface area contributed by atoms with E-state index in [0.717, 1.165) is 10.9 Å². The first-order valence-corrected chi connectivity index (χ1v) is 18.0. The van der Waals surface area contributed by atoms with Crippen LogP contribution in [-0.2, 0) is 30.7 Å². The van der Waals surface area contributed by atoms with Gasteiger partial charge in [0.1, 0.15) is 16.3 Å². The molecular weight excluding hydrogens is 1010 g/mol. The molecule has 10 nitrogen and oxygen atoms in total. The maximum Gasteiger partial charge on any atom is 1.00 e. The van der Waals surface area contributed by atoms with Crippen molar-refractivity contribution in [1.82, 2.24) is 0 Å². The molecule has 1 aromatic rings. The van der Waals surface area contributed by atoms with Crippen LogP contribution in [0, 0.1) is 16.0 Å². The number of allylic oxidation sites excluding steroid dienone is 4. The summed E-state index contributed by atoms with van der Waals surface area (Å²) in [6.45, 7) is 0. The van der Waals surface area contributed by atoms with Crippen molar-refractivity contribution in [2.24, 2.45) is 11.3 Å².